The van der Waals surface area contributed by atoms with Crippen LogP contribution in [0.2, 0.25) is 0 Å². The van der Waals surface area contributed by atoms with Gasteiger partial charge in [0.25, 0.3) is 0 Å². The summed E-state index contributed by atoms with van der Waals surface area (Å²) in [5, 5.41) is 0. The van der Waals surface area contributed by atoms with Crippen LogP contribution in [-0.4, -0.2) is 89.1 Å². The van der Waals surface area contributed by atoms with Crippen molar-refractivity contribution in [3.05, 3.63) is 35.9 Å². The van der Waals surface area contributed by atoms with Gasteiger partial charge in [-0.2, -0.15) is 4.67 Å². The smallest absolute Gasteiger partial charge is 0.408 e. The number of nitrogens with zero attached hydrogens (tertiary/aromatic N) is 1. The summed E-state index contributed by atoms with van der Waals surface area (Å²) in [4.78, 5) is 58.6. The molecule has 0 amide bonds. The summed E-state index contributed by atoms with van der Waals surface area (Å²) >= 11 is 12.1. The number of hydrogen-bond donors (Lipinski definition) is 1. The predicted molar refractivity (Wildman–Crippen MR) is 140 cm³/mol. The van der Waals surface area contributed by atoms with Gasteiger partial charge in [-0.1, -0.05) is 30.3 Å². The monoisotopic (exact) mass is 627 g/mol. The zero-order valence-electron chi connectivity index (χ0n) is 22.3. The van der Waals surface area contributed by atoms with Crippen LogP contribution in [0.25, 0.3) is 0 Å². The van der Waals surface area contributed by atoms with E-state index in [9.17, 15) is 28.6 Å². The number of hydrogen-bond acceptors (Lipinski definition) is 11. The van der Waals surface area contributed by atoms with Crippen molar-refractivity contribution in [3.8, 4) is 0 Å². The number of carbonyl (C=O) groups is 4. The van der Waals surface area contributed by atoms with Gasteiger partial charge in [0, 0.05) is 46.0 Å². The fraction of sp³-hybridized carbons (Fsp3) is 0.583. The van der Waals surface area contributed by atoms with Crippen LogP contribution in [-0.2, 0) is 52.0 Å². The number of carbonyl (C=O) groups excluding carboxylic acids is 4. The summed E-state index contributed by atoms with van der Waals surface area (Å²) in [5.41, 5.74) is 0.585. The van der Waals surface area contributed by atoms with Crippen LogP contribution in [0.4, 0.5) is 0 Å². The topological polar surface area (TPSA) is 164 Å². The van der Waals surface area contributed by atoms with Gasteiger partial charge in [0.1, 0.15) is 12.7 Å². The maximum absolute atomic E-state index is 13.8. The zero-order chi connectivity index (χ0) is 30.0. The zero-order valence-corrected chi connectivity index (χ0v) is 24.7. The van der Waals surface area contributed by atoms with Gasteiger partial charge in [0.2, 0.25) is 6.29 Å². The number of esters is 4. The minimum atomic E-state index is -4.89. The van der Waals surface area contributed by atoms with Gasteiger partial charge in [-0.3, -0.25) is 23.7 Å². The van der Waals surface area contributed by atoms with Crippen LogP contribution in [0.1, 0.15) is 39.3 Å². The van der Waals surface area contributed by atoms with E-state index < -0.39 is 75.0 Å². The molecule has 7 atom stereocenters. The van der Waals surface area contributed by atoms with Crippen molar-refractivity contribution >= 4 is 54.8 Å². The number of ether oxygens (including phenoxy) is 5. The summed E-state index contributed by atoms with van der Waals surface area (Å²) in [6.45, 7) is 3.57. The van der Waals surface area contributed by atoms with E-state index in [0.29, 0.717) is 5.56 Å². The number of rotatable bonds is 13. The van der Waals surface area contributed by atoms with E-state index in [4.69, 9.17) is 51.4 Å². The predicted octanol–water partition coefficient (Wildman–Crippen LogP) is 2.71. The molecule has 1 saturated heterocycles. The Balaban J connectivity index is 2.55. The molecule has 224 valence electrons. The molecule has 1 aliphatic heterocycles. The van der Waals surface area contributed by atoms with E-state index >= 15 is 0 Å². The summed E-state index contributed by atoms with van der Waals surface area (Å²) in [5.74, 6) is -3.53. The van der Waals surface area contributed by atoms with Crippen LogP contribution in [0.3, 0.4) is 0 Å². The Morgan fingerprint density at radius 2 is 1.48 bits per heavy atom. The third kappa shape index (κ3) is 9.69. The van der Waals surface area contributed by atoms with Crippen LogP contribution >= 0.6 is 30.9 Å². The Labute approximate surface area is 241 Å². The van der Waals surface area contributed by atoms with Crippen LogP contribution in [0, 0.1) is 0 Å². The Morgan fingerprint density at radius 3 is 1.98 bits per heavy atom. The van der Waals surface area contributed by atoms with Crippen LogP contribution in [0.5, 0.6) is 0 Å². The molecule has 1 N–H and O–H groups in total. The quantitative estimate of drug-likeness (QED) is 0.147. The normalized spacial score (nSPS) is 24.9. The minimum absolute atomic E-state index is 0.0906. The minimum Gasteiger partial charge on any atom is -0.463 e. The van der Waals surface area contributed by atoms with Gasteiger partial charge in [-0.05, 0) is 5.56 Å². The second-order valence-corrected chi connectivity index (χ2v) is 11.0. The first kappa shape index (κ1) is 34.0. The third-order valence-electron chi connectivity index (χ3n) is 5.52. The highest BCUT2D eigenvalue weighted by molar-refractivity contribution is 7.50. The highest BCUT2D eigenvalue weighted by Crippen LogP contribution is 2.53. The standard InChI is InChI=1S/C24H32Cl2NO12P/c1-14(28)34-13-20-21(35-15(2)29)22(36-16(3)30)23(37-17(4)31)24(38-20)39-40(32,33)27(11-10-25)19(12-26)18-8-6-5-7-9-18/h5-9,19-24H,10-13H2,1-4H3,(H,32,33)/t19?,20-,21-,22+,23-,24-/m1/s1. The second-order valence-electron chi connectivity index (χ2n) is 8.60. The van der Waals surface area contributed by atoms with Gasteiger partial charge in [0.15, 0.2) is 18.3 Å². The molecular weight excluding hydrogens is 596 g/mol. The Morgan fingerprint density at radius 1 is 0.925 bits per heavy atom. The summed E-state index contributed by atoms with van der Waals surface area (Å²) in [7, 11) is -4.89. The number of alkyl halides is 2. The van der Waals surface area contributed by atoms with Crippen molar-refractivity contribution in [2.24, 2.45) is 0 Å². The molecule has 1 fully saturated rings. The summed E-state index contributed by atoms with van der Waals surface area (Å²) in [6.07, 6.45) is -7.97. The fourth-order valence-corrected chi connectivity index (χ4v) is 6.25. The van der Waals surface area contributed by atoms with Crippen molar-refractivity contribution < 1.29 is 56.8 Å². The lowest BCUT2D eigenvalue weighted by atomic mass is 9.98. The maximum Gasteiger partial charge on any atom is 0.408 e. The molecule has 2 rings (SSSR count). The molecule has 1 aromatic carbocycles. The molecule has 0 spiro atoms. The lowest BCUT2D eigenvalue weighted by molar-refractivity contribution is -0.290. The summed E-state index contributed by atoms with van der Waals surface area (Å²) < 4.78 is 47.1. The highest BCUT2D eigenvalue weighted by Gasteiger charge is 2.55. The fourth-order valence-electron chi connectivity index (χ4n) is 4.03. The van der Waals surface area contributed by atoms with E-state index in [1.165, 1.54) is 0 Å². The molecule has 1 heterocycles. The van der Waals surface area contributed by atoms with E-state index in [-0.39, 0.29) is 18.3 Å². The average molecular weight is 628 g/mol. The van der Waals surface area contributed by atoms with Gasteiger partial charge in [0.05, 0.1) is 6.04 Å². The molecule has 13 nitrogen and oxygen atoms in total. The van der Waals surface area contributed by atoms with Crippen molar-refractivity contribution in [1.29, 1.82) is 0 Å². The molecule has 1 aliphatic rings. The third-order valence-corrected chi connectivity index (χ3v) is 7.59. The second kappa shape index (κ2) is 15.7. The van der Waals surface area contributed by atoms with E-state index in [0.717, 1.165) is 32.4 Å². The Hall–Kier alpha value is -2.25. The molecule has 40 heavy (non-hydrogen) atoms. The molecule has 0 aliphatic carbocycles. The molecule has 0 bridgehead atoms. The maximum atomic E-state index is 13.8. The first-order valence-corrected chi connectivity index (χ1v) is 14.7. The van der Waals surface area contributed by atoms with Crippen LogP contribution in [0.15, 0.2) is 30.3 Å². The lowest BCUT2D eigenvalue weighted by Gasteiger charge is -2.45. The highest BCUT2D eigenvalue weighted by atomic mass is 35.5. The molecule has 0 saturated carbocycles. The SMILES string of the molecule is CC(=O)OC[C@H]1O[C@H](OP(=O)(O)N(CCCl)C(CCl)c2ccccc2)[C@H](OC(C)=O)[C@@H](OC(C)=O)[C@@H]1OC(C)=O. The largest absolute Gasteiger partial charge is 0.463 e. The van der Waals surface area contributed by atoms with Gasteiger partial charge >= 0.3 is 31.6 Å². The lowest BCUT2D eigenvalue weighted by Crippen LogP contribution is -2.62. The van der Waals surface area contributed by atoms with E-state index in [2.05, 4.69) is 0 Å². The molecule has 1 aromatic rings. The van der Waals surface area contributed by atoms with Crippen molar-refractivity contribution in [2.45, 2.75) is 64.4 Å². The molecule has 16 heteroatoms. The van der Waals surface area contributed by atoms with Gasteiger partial charge in [-0.15, -0.1) is 23.2 Å². The molecule has 0 radical (unpaired) electrons. The molecule has 2 unspecified atom stereocenters. The summed E-state index contributed by atoms with van der Waals surface area (Å²) in [6, 6.07) is 7.74. The van der Waals surface area contributed by atoms with Crippen LogP contribution < -0.4 is 0 Å². The van der Waals surface area contributed by atoms with Gasteiger partial charge < -0.3 is 28.6 Å². The molecular formula is C24H32Cl2NO12P. The van der Waals surface area contributed by atoms with E-state index in [1.54, 1.807) is 30.3 Å². The van der Waals surface area contributed by atoms with Crippen molar-refractivity contribution in [3.63, 3.8) is 0 Å². The Bertz CT molecular complexity index is 1080. The van der Waals surface area contributed by atoms with Gasteiger partial charge in [-0.25, -0.2) is 4.57 Å². The van der Waals surface area contributed by atoms with E-state index in [1.807, 2.05) is 0 Å². The first-order valence-electron chi connectivity index (χ1n) is 12.1. The molecule has 0 aromatic heterocycles. The number of halogens is 2. The average Bonchev–Trinajstić information content (AvgIpc) is 2.86. The number of benzene rings is 1. The first-order chi connectivity index (χ1) is 18.8. The van der Waals surface area contributed by atoms with Crippen molar-refractivity contribution in [1.82, 2.24) is 4.67 Å². The Kier molecular flexibility index (Phi) is 13.3. The van der Waals surface area contributed by atoms with Crippen molar-refractivity contribution in [2.75, 3.05) is 24.9 Å².